The molecule has 3 aromatic carbocycles. The molecule has 0 atom stereocenters. The maximum Gasteiger partial charge on any atom is 0.250 e. The number of nitrogens with zero attached hydrogens (tertiary/aromatic N) is 4. The van der Waals surface area contributed by atoms with E-state index >= 15 is 0 Å². The average molecular weight is 467 g/mol. The molecule has 168 valence electrons. The molecule has 5 rings (SSSR count). The number of hydrogen-bond donors (Lipinski definition) is 2. The number of nitrogens with two attached hydrogens (primary N) is 1. The molecule has 3 N–H and O–H groups in total. The average Bonchev–Trinajstić information content (AvgIpc) is 3.41. The summed E-state index contributed by atoms with van der Waals surface area (Å²) in [5.74, 6) is 0.142. The predicted molar refractivity (Wildman–Crippen MR) is 136 cm³/mol. The third kappa shape index (κ3) is 4.57. The highest BCUT2D eigenvalue weighted by Gasteiger charge is 2.14. The van der Waals surface area contributed by atoms with Crippen molar-refractivity contribution in [3.05, 3.63) is 107 Å². The molecule has 0 bridgehead atoms. The van der Waals surface area contributed by atoms with E-state index in [1.165, 1.54) is 11.9 Å². The number of fused-ring (bicyclic) bond motifs is 1. The number of amides is 1. The van der Waals surface area contributed by atoms with Gasteiger partial charge in [-0.1, -0.05) is 48.5 Å². The summed E-state index contributed by atoms with van der Waals surface area (Å²) in [6, 6.07) is 24.0. The lowest BCUT2D eigenvalue weighted by Crippen LogP contribution is -2.16. The molecule has 2 heterocycles. The molecule has 0 saturated carbocycles. The van der Waals surface area contributed by atoms with Gasteiger partial charge in [-0.15, -0.1) is 11.3 Å². The number of hydrogen-bond acceptors (Lipinski definition) is 7. The Morgan fingerprint density at radius 2 is 1.76 bits per heavy atom. The summed E-state index contributed by atoms with van der Waals surface area (Å²) in [5, 5.41) is 7.06. The smallest absolute Gasteiger partial charge is 0.250 e. The van der Waals surface area contributed by atoms with Crippen LogP contribution in [0.4, 0.5) is 16.6 Å². The zero-order chi connectivity index (χ0) is 23.3. The van der Waals surface area contributed by atoms with Gasteiger partial charge in [0.25, 0.3) is 5.91 Å². The lowest BCUT2D eigenvalue weighted by atomic mass is 10.1. The van der Waals surface area contributed by atoms with Gasteiger partial charge in [-0.3, -0.25) is 4.79 Å². The van der Waals surface area contributed by atoms with Gasteiger partial charge in [-0.25, -0.2) is 15.0 Å². The lowest BCUT2D eigenvalue weighted by molar-refractivity contribution is 0.100. The molecule has 0 unspecified atom stereocenters. The second-order valence-electron chi connectivity index (χ2n) is 7.70. The molecule has 2 aromatic heterocycles. The molecule has 7 nitrogen and oxygen atoms in total. The first-order valence-corrected chi connectivity index (χ1v) is 11.6. The molecular formula is C26H22N6OS. The van der Waals surface area contributed by atoms with Crippen LogP contribution in [0, 0.1) is 0 Å². The van der Waals surface area contributed by atoms with Crippen molar-refractivity contribution in [1.29, 1.82) is 0 Å². The van der Waals surface area contributed by atoms with Crippen molar-refractivity contribution < 1.29 is 4.79 Å². The monoisotopic (exact) mass is 466 g/mol. The lowest BCUT2D eigenvalue weighted by Gasteiger charge is -2.23. The van der Waals surface area contributed by atoms with Gasteiger partial charge in [-0.05, 0) is 35.4 Å². The van der Waals surface area contributed by atoms with Gasteiger partial charge in [-0.2, -0.15) is 0 Å². The Balaban J connectivity index is 1.41. The van der Waals surface area contributed by atoms with Gasteiger partial charge >= 0.3 is 0 Å². The molecule has 0 saturated heterocycles. The van der Waals surface area contributed by atoms with Crippen LogP contribution in [0.3, 0.4) is 0 Å². The van der Waals surface area contributed by atoms with E-state index in [-0.39, 0.29) is 0 Å². The predicted octanol–water partition coefficient (Wildman–Crippen LogP) is 5.14. The summed E-state index contributed by atoms with van der Waals surface area (Å²) in [6.07, 6.45) is 3.27. The maximum atomic E-state index is 11.8. The quantitative estimate of drug-likeness (QED) is 0.329. The fourth-order valence-corrected chi connectivity index (χ4v) is 4.49. The number of carbonyl (C=O) groups is 1. The molecule has 8 heteroatoms. The molecular weight excluding hydrogens is 444 g/mol. The Morgan fingerprint density at radius 1 is 0.941 bits per heavy atom. The van der Waals surface area contributed by atoms with E-state index < -0.39 is 5.91 Å². The molecule has 5 aromatic rings. The molecule has 0 fully saturated rings. The van der Waals surface area contributed by atoms with Crippen LogP contribution in [0.25, 0.3) is 10.9 Å². The Hall–Kier alpha value is -4.30. The van der Waals surface area contributed by atoms with Crippen LogP contribution in [0.1, 0.15) is 21.5 Å². The zero-order valence-corrected chi connectivity index (χ0v) is 19.1. The fraction of sp³-hybridized carbons (Fsp3) is 0.0769. The third-order valence-electron chi connectivity index (χ3n) is 5.45. The van der Waals surface area contributed by atoms with Crippen LogP contribution in [0.15, 0.2) is 90.7 Å². The Morgan fingerprint density at radius 3 is 2.56 bits per heavy atom. The number of carbonyl (C=O) groups excluding carboxylic acids is 1. The minimum Gasteiger partial charge on any atom is -0.366 e. The summed E-state index contributed by atoms with van der Waals surface area (Å²) >= 11 is 1.61. The first-order valence-electron chi connectivity index (χ1n) is 10.8. The molecule has 0 radical (unpaired) electrons. The van der Waals surface area contributed by atoms with Gasteiger partial charge in [0.2, 0.25) is 0 Å². The van der Waals surface area contributed by atoms with Crippen LogP contribution in [0.2, 0.25) is 0 Å². The van der Waals surface area contributed by atoms with E-state index in [0.29, 0.717) is 23.4 Å². The Kier molecular flexibility index (Phi) is 6.13. The Labute approximate surface area is 200 Å². The maximum absolute atomic E-state index is 11.8. The fourth-order valence-electron chi connectivity index (χ4n) is 3.83. The van der Waals surface area contributed by atoms with Crippen LogP contribution in [-0.2, 0) is 13.1 Å². The SMILES string of the molecule is NC(=O)c1cccc2c(NCc3cccc(N(Cc4ccccc4)c4nccs4)c3)ncnc12. The molecule has 0 aliphatic heterocycles. The molecule has 34 heavy (non-hydrogen) atoms. The molecule has 1 amide bonds. The second-order valence-corrected chi connectivity index (χ2v) is 8.57. The van der Waals surface area contributed by atoms with Crippen LogP contribution < -0.4 is 16.0 Å². The highest BCUT2D eigenvalue weighted by Crippen LogP contribution is 2.30. The normalized spacial score (nSPS) is 10.8. The Bertz CT molecular complexity index is 1420. The van der Waals surface area contributed by atoms with Gasteiger partial charge < -0.3 is 16.0 Å². The molecule has 0 aliphatic carbocycles. The minimum atomic E-state index is -0.511. The number of aromatic nitrogens is 3. The van der Waals surface area contributed by atoms with Crippen molar-refractivity contribution >= 4 is 44.8 Å². The summed E-state index contributed by atoms with van der Waals surface area (Å²) in [6.45, 7) is 1.27. The molecule has 0 aliphatic rings. The van der Waals surface area contributed by atoms with E-state index in [1.807, 2.05) is 41.9 Å². The van der Waals surface area contributed by atoms with Gasteiger partial charge in [0.05, 0.1) is 17.6 Å². The van der Waals surface area contributed by atoms with Gasteiger partial charge in [0, 0.05) is 29.2 Å². The summed E-state index contributed by atoms with van der Waals surface area (Å²) < 4.78 is 0. The van der Waals surface area contributed by atoms with Crippen molar-refractivity contribution in [2.75, 3.05) is 10.2 Å². The van der Waals surface area contributed by atoms with Gasteiger partial charge in [0.15, 0.2) is 5.13 Å². The zero-order valence-electron chi connectivity index (χ0n) is 18.3. The first kappa shape index (κ1) is 21.5. The number of rotatable bonds is 8. The number of thiazole rings is 1. The van der Waals surface area contributed by atoms with Crippen molar-refractivity contribution in [3.8, 4) is 0 Å². The molecule has 0 spiro atoms. The highest BCUT2D eigenvalue weighted by molar-refractivity contribution is 7.13. The number of nitrogens with one attached hydrogen (secondary N) is 1. The van der Waals surface area contributed by atoms with E-state index in [1.54, 1.807) is 23.5 Å². The van der Waals surface area contributed by atoms with E-state index in [0.717, 1.165) is 28.3 Å². The topological polar surface area (TPSA) is 97.0 Å². The number of primary amides is 1. The highest BCUT2D eigenvalue weighted by atomic mass is 32.1. The summed E-state index contributed by atoms with van der Waals surface area (Å²) in [7, 11) is 0. The van der Waals surface area contributed by atoms with E-state index in [2.05, 4.69) is 55.5 Å². The van der Waals surface area contributed by atoms with Crippen molar-refractivity contribution in [2.45, 2.75) is 13.1 Å². The summed E-state index contributed by atoms with van der Waals surface area (Å²) in [4.78, 5) is 27.2. The standard InChI is InChI=1S/C26H22N6OS/c27-24(33)21-10-5-11-22-23(21)30-17-31-25(22)29-15-19-8-4-9-20(14-19)32(26-28-12-13-34-26)16-18-6-2-1-3-7-18/h1-14,17H,15-16H2,(H2,27,33)(H,29,30,31). The van der Waals surface area contributed by atoms with Crippen molar-refractivity contribution in [3.63, 3.8) is 0 Å². The summed E-state index contributed by atoms with van der Waals surface area (Å²) in [5.41, 5.74) is 9.78. The van der Waals surface area contributed by atoms with Gasteiger partial charge in [0.1, 0.15) is 12.1 Å². The largest absolute Gasteiger partial charge is 0.366 e. The van der Waals surface area contributed by atoms with Crippen LogP contribution in [0.5, 0.6) is 0 Å². The minimum absolute atomic E-state index is 0.380. The second kappa shape index (κ2) is 9.68. The number of anilines is 3. The number of benzene rings is 3. The van der Waals surface area contributed by atoms with Crippen LogP contribution >= 0.6 is 11.3 Å². The van der Waals surface area contributed by atoms with Crippen molar-refractivity contribution in [1.82, 2.24) is 15.0 Å². The van der Waals surface area contributed by atoms with Crippen molar-refractivity contribution in [2.24, 2.45) is 5.73 Å². The van der Waals surface area contributed by atoms with Crippen LogP contribution in [-0.4, -0.2) is 20.9 Å². The number of para-hydroxylation sites is 1. The third-order valence-corrected chi connectivity index (χ3v) is 6.24. The first-order chi connectivity index (χ1) is 16.7. The van der Waals surface area contributed by atoms with E-state index in [4.69, 9.17) is 5.73 Å². The van der Waals surface area contributed by atoms with E-state index in [9.17, 15) is 4.79 Å².